The fraction of sp³-hybridized carbons (Fsp3) is 1.00. The highest BCUT2D eigenvalue weighted by Gasteiger charge is 2.33. The minimum Gasteiger partial charge on any atom is -0.314 e. The number of halogens is 1. The molecule has 0 aliphatic carbocycles. The molecular formula is C7H13IN2O. The SMILES string of the molecule is IOC1CC2CNCCN2C1. The second-order valence-electron chi connectivity index (χ2n) is 3.30. The molecule has 0 bridgehead atoms. The Morgan fingerprint density at radius 1 is 1.55 bits per heavy atom. The minimum atomic E-state index is 0.473. The molecule has 2 saturated heterocycles. The van der Waals surface area contributed by atoms with Crippen LogP contribution in [0.1, 0.15) is 6.42 Å². The molecule has 0 amide bonds. The summed E-state index contributed by atoms with van der Waals surface area (Å²) in [5.74, 6) is 0. The Kier molecular flexibility index (Phi) is 2.65. The number of piperazine rings is 1. The Balaban J connectivity index is 1.92. The van der Waals surface area contributed by atoms with E-state index in [-0.39, 0.29) is 0 Å². The second-order valence-corrected chi connectivity index (χ2v) is 3.81. The zero-order valence-corrected chi connectivity index (χ0v) is 8.58. The molecule has 0 saturated carbocycles. The molecule has 3 nitrogen and oxygen atoms in total. The molecule has 2 rings (SSSR count). The molecule has 11 heavy (non-hydrogen) atoms. The lowest BCUT2D eigenvalue weighted by atomic mass is 10.2. The number of rotatable bonds is 1. The average Bonchev–Trinajstić information content (AvgIpc) is 2.46. The summed E-state index contributed by atoms with van der Waals surface area (Å²) < 4.78 is 5.30. The first kappa shape index (κ1) is 8.22. The molecule has 2 fully saturated rings. The van der Waals surface area contributed by atoms with Gasteiger partial charge in [0.05, 0.1) is 6.10 Å². The fourth-order valence-corrected chi connectivity index (χ4v) is 2.35. The Labute approximate surface area is 81.2 Å². The Bertz CT molecular complexity index is 130. The maximum Gasteiger partial charge on any atom is 0.110 e. The summed E-state index contributed by atoms with van der Waals surface area (Å²) in [5.41, 5.74) is 0. The van der Waals surface area contributed by atoms with E-state index in [1.807, 2.05) is 23.0 Å². The summed E-state index contributed by atoms with van der Waals surface area (Å²) in [6, 6.07) is 0.739. The van der Waals surface area contributed by atoms with Gasteiger partial charge in [-0.25, -0.2) is 0 Å². The van der Waals surface area contributed by atoms with E-state index < -0.39 is 0 Å². The summed E-state index contributed by atoms with van der Waals surface area (Å²) in [5, 5.41) is 3.40. The van der Waals surface area contributed by atoms with E-state index in [0.29, 0.717) is 6.10 Å². The van der Waals surface area contributed by atoms with Crippen LogP contribution >= 0.6 is 23.0 Å². The smallest absolute Gasteiger partial charge is 0.110 e. The molecule has 0 aromatic heterocycles. The third-order valence-corrected chi connectivity index (χ3v) is 3.29. The van der Waals surface area contributed by atoms with Gasteiger partial charge in [0.2, 0.25) is 0 Å². The fourth-order valence-electron chi connectivity index (χ4n) is 1.98. The summed E-state index contributed by atoms with van der Waals surface area (Å²) >= 11 is 2.02. The van der Waals surface area contributed by atoms with Crippen molar-refractivity contribution in [3.63, 3.8) is 0 Å². The van der Waals surface area contributed by atoms with E-state index in [1.54, 1.807) is 0 Å². The highest BCUT2D eigenvalue weighted by Crippen LogP contribution is 2.22. The van der Waals surface area contributed by atoms with E-state index in [4.69, 9.17) is 3.07 Å². The van der Waals surface area contributed by atoms with Gasteiger partial charge >= 0.3 is 0 Å². The number of hydrogen-bond acceptors (Lipinski definition) is 3. The molecule has 4 heteroatoms. The van der Waals surface area contributed by atoms with Crippen LogP contribution < -0.4 is 5.32 Å². The van der Waals surface area contributed by atoms with Crippen molar-refractivity contribution in [2.45, 2.75) is 18.6 Å². The van der Waals surface area contributed by atoms with Crippen molar-refractivity contribution >= 4 is 23.0 Å². The largest absolute Gasteiger partial charge is 0.314 e. The van der Waals surface area contributed by atoms with E-state index in [9.17, 15) is 0 Å². The van der Waals surface area contributed by atoms with Crippen molar-refractivity contribution in [3.05, 3.63) is 0 Å². The number of fused-ring (bicyclic) bond motifs is 1. The maximum absolute atomic E-state index is 5.30. The van der Waals surface area contributed by atoms with Crippen LogP contribution in [0.15, 0.2) is 0 Å². The Morgan fingerprint density at radius 3 is 3.18 bits per heavy atom. The van der Waals surface area contributed by atoms with Gasteiger partial charge in [-0.05, 0) is 6.42 Å². The quantitative estimate of drug-likeness (QED) is 0.697. The second kappa shape index (κ2) is 3.55. The van der Waals surface area contributed by atoms with E-state index in [2.05, 4.69) is 10.2 Å². The van der Waals surface area contributed by atoms with Crippen molar-refractivity contribution < 1.29 is 3.07 Å². The van der Waals surface area contributed by atoms with Gasteiger partial charge in [-0.1, -0.05) is 0 Å². The first-order chi connectivity index (χ1) is 5.40. The lowest BCUT2D eigenvalue weighted by Gasteiger charge is -2.29. The molecule has 2 unspecified atom stereocenters. The molecule has 2 aliphatic heterocycles. The normalized spacial score (nSPS) is 39.0. The van der Waals surface area contributed by atoms with Crippen LogP contribution in [-0.2, 0) is 3.07 Å². The predicted molar refractivity (Wildman–Crippen MR) is 51.7 cm³/mol. The molecular weight excluding hydrogens is 255 g/mol. The number of nitrogens with one attached hydrogen (secondary N) is 1. The highest BCUT2D eigenvalue weighted by molar-refractivity contribution is 14.1. The van der Waals surface area contributed by atoms with Gasteiger partial charge in [-0.2, -0.15) is 0 Å². The zero-order chi connectivity index (χ0) is 7.68. The number of hydrogen-bond donors (Lipinski definition) is 1. The maximum atomic E-state index is 5.30. The Hall–Kier alpha value is 0.610. The van der Waals surface area contributed by atoms with Crippen molar-refractivity contribution in [1.29, 1.82) is 0 Å². The van der Waals surface area contributed by atoms with Gasteiger partial charge in [0.1, 0.15) is 23.0 Å². The molecule has 2 aliphatic rings. The monoisotopic (exact) mass is 268 g/mol. The van der Waals surface area contributed by atoms with Crippen LogP contribution in [0, 0.1) is 0 Å². The molecule has 2 atom stereocenters. The zero-order valence-electron chi connectivity index (χ0n) is 6.42. The first-order valence-electron chi connectivity index (χ1n) is 4.12. The molecule has 1 N–H and O–H groups in total. The van der Waals surface area contributed by atoms with Gasteiger partial charge in [-0.3, -0.25) is 4.90 Å². The molecule has 64 valence electrons. The summed E-state index contributed by atoms with van der Waals surface area (Å²) in [6.45, 7) is 4.62. The van der Waals surface area contributed by atoms with Gasteiger partial charge < -0.3 is 8.38 Å². The number of nitrogens with zero attached hydrogens (tertiary/aromatic N) is 1. The van der Waals surface area contributed by atoms with Crippen molar-refractivity contribution in [2.75, 3.05) is 26.2 Å². The van der Waals surface area contributed by atoms with Gasteiger partial charge in [0, 0.05) is 32.2 Å². The van der Waals surface area contributed by atoms with Crippen LogP contribution in [0.3, 0.4) is 0 Å². The third kappa shape index (κ3) is 1.68. The van der Waals surface area contributed by atoms with Crippen LogP contribution in [0.25, 0.3) is 0 Å². The molecule has 0 spiro atoms. The van der Waals surface area contributed by atoms with Crippen LogP contribution in [0.5, 0.6) is 0 Å². The standard InChI is InChI=1S/C7H13IN2O/c8-11-7-3-6-4-9-1-2-10(6)5-7/h6-7,9H,1-5H2. The van der Waals surface area contributed by atoms with Gasteiger partial charge in [-0.15, -0.1) is 0 Å². The van der Waals surface area contributed by atoms with Crippen molar-refractivity contribution in [2.24, 2.45) is 0 Å². The van der Waals surface area contributed by atoms with Crippen molar-refractivity contribution in [3.8, 4) is 0 Å². The first-order valence-corrected chi connectivity index (χ1v) is 5.00. The van der Waals surface area contributed by atoms with E-state index in [0.717, 1.165) is 25.7 Å². The van der Waals surface area contributed by atoms with Crippen LogP contribution in [0.2, 0.25) is 0 Å². The Morgan fingerprint density at radius 2 is 2.45 bits per heavy atom. The average molecular weight is 268 g/mol. The third-order valence-electron chi connectivity index (χ3n) is 2.57. The predicted octanol–water partition coefficient (Wildman–Crippen LogP) is 0.399. The molecule has 2 heterocycles. The highest BCUT2D eigenvalue weighted by atomic mass is 127. The molecule has 0 aromatic carbocycles. The van der Waals surface area contributed by atoms with E-state index in [1.165, 1.54) is 13.0 Å². The van der Waals surface area contributed by atoms with Crippen LogP contribution in [-0.4, -0.2) is 43.2 Å². The lowest BCUT2D eigenvalue weighted by molar-refractivity contribution is 0.204. The van der Waals surface area contributed by atoms with Gasteiger partial charge in [0.25, 0.3) is 0 Å². The lowest BCUT2D eigenvalue weighted by Crippen LogP contribution is -2.47. The molecule has 0 radical (unpaired) electrons. The topological polar surface area (TPSA) is 24.5 Å². The molecule has 0 aromatic rings. The summed E-state index contributed by atoms with van der Waals surface area (Å²) in [4.78, 5) is 2.53. The van der Waals surface area contributed by atoms with E-state index >= 15 is 0 Å². The minimum absolute atomic E-state index is 0.473. The summed E-state index contributed by atoms with van der Waals surface area (Å²) in [7, 11) is 0. The van der Waals surface area contributed by atoms with Crippen LogP contribution in [0.4, 0.5) is 0 Å². The summed E-state index contributed by atoms with van der Waals surface area (Å²) in [6.07, 6.45) is 1.68. The van der Waals surface area contributed by atoms with Gasteiger partial charge in [0.15, 0.2) is 0 Å². The van der Waals surface area contributed by atoms with Crippen molar-refractivity contribution in [1.82, 2.24) is 10.2 Å².